The minimum atomic E-state index is 0.0511. The van der Waals surface area contributed by atoms with E-state index in [0.29, 0.717) is 11.5 Å². The summed E-state index contributed by atoms with van der Waals surface area (Å²) in [5.41, 5.74) is 0.489. The van der Waals surface area contributed by atoms with Gasteiger partial charge in [0.2, 0.25) is 5.13 Å². The van der Waals surface area contributed by atoms with Crippen molar-refractivity contribution in [3.05, 3.63) is 5.82 Å². The largest absolute Gasteiger partial charge is 0.357 e. The maximum absolute atomic E-state index is 4.52. The number of hydrogen-bond donors (Lipinski definition) is 1. The van der Waals surface area contributed by atoms with Gasteiger partial charge in [0.05, 0.1) is 0 Å². The first-order valence-corrected chi connectivity index (χ1v) is 6.17. The summed E-state index contributed by atoms with van der Waals surface area (Å²) in [5, 5.41) is 4.41. The van der Waals surface area contributed by atoms with Gasteiger partial charge in [-0.05, 0) is 11.8 Å². The zero-order chi connectivity index (χ0) is 11.3. The van der Waals surface area contributed by atoms with E-state index in [4.69, 9.17) is 0 Å². The van der Waals surface area contributed by atoms with Crippen LogP contribution in [0.4, 0.5) is 5.13 Å². The molecule has 1 atom stereocenters. The minimum Gasteiger partial charge on any atom is -0.357 e. The third-order valence-corrected chi connectivity index (χ3v) is 3.55. The summed E-state index contributed by atoms with van der Waals surface area (Å²) in [6, 6.07) is 0.582. The molecule has 84 valence electrons. The van der Waals surface area contributed by atoms with Crippen LogP contribution in [-0.2, 0) is 5.41 Å². The molecule has 0 aromatic carbocycles. The van der Waals surface area contributed by atoms with Crippen molar-refractivity contribution < 1.29 is 0 Å². The molecule has 1 aromatic rings. The summed E-state index contributed by atoms with van der Waals surface area (Å²) in [6.07, 6.45) is 1.23. The Hall–Kier alpha value is -0.640. The van der Waals surface area contributed by atoms with Gasteiger partial charge >= 0.3 is 0 Å². The van der Waals surface area contributed by atoms with Crippen LogP contribution >= 0.6 is 11.5 Å². The monoisotopic (exact) mass is 225 g/mol. The molecule has 1 saturated carbocycles. The molecule has 0 radical (unpaired) electrons. The zero-order valence-corrected chi connectivity index (χ0v) is 10.9. The van der Waals surface area contributed by atoms with E-state index in [1.54, 1.807) is 0 Å². The first-order chi connectivity index (χ1) is 6.79. The fraction of sp³-hybridized carbons (Fsp3) is 0.818. The van der Waals surface area contributed by atoms with Gasteiger partial charge in [0, 0.05) is 23.0 Å². The number of rotatable bonds is 2. The fourth-order valence-electron chi connectivity index (χ4n) is 1.45. The molecule has 2 rings (SSSR count). The Balaban J connectivity index is 2.03. The Morgan fingerprint density at radius 3 is 2.40 bits per heavy atom. The molecule has 1 fully saturated rings. The average molecular weight is 225 g/mol. The molecule has 1 heterocycles. The van der Waals surface area contributed by atoms with E-state index in [-0.39, 0.29) is 5.41 Å². The van der Waals surface area contributed by atoms with Crippen LogP contribution in [-0.4, -0.2) is 15.4 Å². The second kappa shape index (κ2) is 3.17. The Bertz CT molecular complexity index is 362. The van der Waals surface area contributed by atoms with Crippen molar-refractivity contribution >= 4 is 16.7 Å². The second-order valence-corrected chi connectivity index (χ2v) is 6.81. The average Bonchev–Trinajstić information content (AvgIpc) is 2.51. The van der Waals surface area contributed by atoms with Gasteiger partial charge < -0.3 is 5.32 Å². The molecule has 1 aromatic heterocycles. The van der Waals surface area contributed by atoms with E-state index in [1.165, 1.54) is 18.0 Å². The summed E-state index contributed by atoms with van der Waals surface area (Å²) >= 11 is 1.47. The van der Waals surface area contributed by atoms with Gasteiger partial charge in [0.15, 0.2) is 0 Å². The number of anilines is 1. The Morgan fingerprint density at radius 2 is 2.00 bits per heavy atom. The molecule has 3 nitrogen and oxygen atoms in total. The predicted octanol–water partition coefficient (Wildman–Crippen LogP) is 3.05. The van der Waals surface area contributed by atoms with Crippen molar-refractivity contribution in [2.24, 2.45) is 5.41 Å². The van der Waals surface area contributed by atoms with Crippen molar-refractivity contribution in [2.45, 2.75) is 52.5 Å². The van der Waals surface area contributed by atoms with Gasteiger partial charge in [0.25, 0.3) is 0 Å². The van der Waals surface area contributed by atoms with Gasteiger partial charge in [-0.15, -0.1) is 0 Å². The molecule has 0 spiro atoms. The lowest BCUT2D eigenvalue weighted by Crippen LogP contribution is -2.14. The fourth-order valence-corrected chi connectivity index (χ4v) is 2.26. The lowest BCUT2D eigenvalue weighted by Gasteiger charge is -2.12. The molecule has 0 aliphatic heterocycles. The number of nitrogens with one attached hydrogen (secondary N) is 1. The molecule has 0 saturated heterocycles. The molecule has 4 heteroatoms. The van der Waals surface area contributed by atoms with E-state index in [1.807, 2.05) is 0 Å². The highest BCUT2D eigenvalue weighted by molar-refractivity contribution is 7.09. The smallest absolute Gasteiger partial charge is 0.202 e. The van der Waals surface area contributed by atoms with Gasteiger partial charge in [-0.1, -0.05) is 34.6 Å². The van der Waals surface area contributed by atoms with E-state index < -0.39 is 0 Å². The SMILES string of the molecule is CC(C)(C)c1nsc(NC2CC2(C)C)n1. The van der Waals surface area contributed by atoms with E-state index in [2.05, 4.69) is 49.3 Å². The van der Waals surface area contributed by atoms with Crippen LogP contribution in [0, 0.1) is 5.41 Å². The van der Waals surface area contributed by atoms with Crippen LogP contribution in [0.2, 0.25) is 0 Å². The van der Waals surface area contributed by atoms with Gasteiger partial charge in [-0.3, -0.25) is 0 Å². The highest BCUT2D eigenvalue weighted by Crippen LogP contribution is 2.46. The van der Waals surface area contributed by atoms with Crippen LogP contribution in [0.3, 0.4) is 0 Å². The van der Waals surface area contributed by atoms with Crippen LogP contribution in [0.15, 0.2) is 0 Å². The topological polar surface area (TPSA) is 37.8 Å². The van der Waals surface area contributed by atoms with E-state index in [0.717, 1.165) is 11.0 Å². The molecule has 1 aliphatic rings. The van der Waals surface area contributed by atoms with Gasteiger partial charge in [-0.25, -0.2) is 4.98 Å². The summed E-state index contributed by atoms with van der Waals surface area (Å²) in [7, 11) is 0. The molecular weight excluding hydrogens is 206 g/mol. The third kappa shape index (κ3) is 2.30. The third-order valence-electron chi connectivity index (χ3n) is 2.91. The van der Waals surface area contributed by atoms with Gasteiger partial charge in [-0.2, -0.15) is 4.37 Å². The molecule has 0 amide bonds. The number of nitrogens with zero attached hydrogens (tertiary/aromatic N) is 2. The van der Waals surface area contributed by atoms with Crippen LogP contribution in [0.1, 0.15) is 46.9 Å². The summed E-state index contributed by atoms with van der Waals surface area (Å²) in [6.45, 7) is 11.0. The zero-order valence-electron chi connectivity index (χ0n) is 10.1. The van der Waals surface area contributed by atoms with E-state index in [9.17, 15) is 0 Å². The second-order valence-electron chi connectivity index (χ2n) is 6.06. The molecule has 1 aliphatic carbocycles. The lowest BCUT2D eigenvalue weighted by molar-refractivity contribution is 0.555. The first kappa shape index (κ1) is 10.9. The summed E-state index contributed by atoms with van der Waals surface area (Å²) in [5.74, 6) is 0.938. The number of aromatic nitrogens is 2. The van der Waals surface area contributed by atoms with E-state index >= 15 is 0 Å². The molecular formula is C11H19N3S. The normalized spacial score (nSPS) is 23.9. The van der Waals surface area contributed by atoms with Crippen molar-refractivity contribution in [3.63, 3.8) is 0 Å². The van der Waals surface area contributed by atoms with Crippen molar-refractivity contribution in [2.75, 3.05) is 5.32 Å². The molecule has 1 unspecified atom stereocenters. The highest BCUT2D eigenvalue weighted by atomic mass is 32.1. The summed E-state index contributed by atoms with van der Waals surface area (Å²) < 4.78 is 4.38. The molecule has 15 heavy (non-hydrogen) atoms. The highest BCUT2D eigenvalue weighted by Gasteiger charge is 2.46. The maximum Gasteiger partial charge on any atom is 0.202 e. The predicted molar refractivity (Wildman–Crippen MR) is 64.4 cm³/mol. The Labute approximate surface area is 95.5 Å². The standard InChI is InChI=1S/C11H19N3S/c1-10(2,3)8-13-9(15-14-8)12-7-6-11(7,4)5/h7H,6H2,1-5H3,(H,12,13,14). The van der Waals surface area contributed by atoms with Crippen molar-refractivity contribution in [1.29, 1.82) is 0 Å². The minimum absolute atomic E-state index is 0.0511. The van der Waals surface area contributed by atoms with Crippen LogP contribution in [0.25, 0.3) is 0 Å². The van der Waals surface area contributed by atoms with Crippen molar-refractivity contribution in [1.82, 2.24) is 9.36 Å². The lowest BCUT2D eigenvalue weighted by atomic mass is 9.96. The number of hydrogen-bond acceptors (Lipinski definition) is 4. The van der Waals surface area contributed by atoms with Gasteiger partial charge in [0.1, 0.15) is 5.82 Å². The Morgan fingerprint density at radius 1 is 1.40 bits per heavy atom. The summed E-state index contributed by atoms with van der Waals surface area (Å²) in [4.78, 5) is 4.52. The van der Waals surface area contributed by atoms with Crippen molar-refractivity contribution in [3.8, 4) is 0 Å². The first-order valence-electron chi connectivity index (χ1n) is 5.40. The Kier molecular flexibility index (Phi) is 2.30. The maximum atomic E-state index is 4.52. The molecule has 0 bridgehead atoms. The molecule has 1 N–H and O–H groups in total. The quantitative estimate of drug-likeness (QED) is 0.840. The van der Waals surface area contributed by atoms with Crippen LogP contribution in [0.5, 0.6) is 0 Å². The van der Waals surface area contributed by atoms with Crippen LogP contribution < -0.4 is 5.32 Å².